The number of sulfonamides is 1. The number of hydrogen-bond acceptors (Lipinski definition) is 8. The molecule has 1 aromatic heterocycles. The van der Waals surface area contributed by atoms with Crippen molar-refractivity contribution in [2.45, 2.75) is 18.4 Å². The van der Waals surface area contributed by atoms with Gasteiger partial charge in [0, 0.05) is 13.1 Å². The lowest BCUT2D eigenvalue weighted by atomic mass is 10.2. The van der Waals surface area contributed by atoms with Crippen molar-refractivity contribution in [3.05, 3.63) is 71.0 Å². The molecule has 1 aliphatic rings. The molecule has 0 bridgehead atoms. The molecule has 0 unspecified atom stereocenters. The van der Waals surface area contributed by atoms with Crippen LogP contribution in [-0.2, 0) is 26.1 Å². The molecule has 0 saturated carbocycles. The molecule has 35 heavy (non-hydrogen) atoms. The Hall–Kier alpha value is -3.72. The second-order valence-electron chi connectivity index (χ2n) is 7.72. The topological polar surface area (TPSA) is 124 Å². The Bertz CT molecular complexity index is 1370. The van der Waals surface area contributed by atoms with Crippen LogP contribution < -0.4 is 4.74 Å². The number of aryl methyl sites for hydroxylation is 1. The van der Waals surface area contributed by atoms with Crippen LogP contribution in [0.15, 0.2) is 53.4 Å². The van der Waals surface area contributed by atoms with Crippen LogP contribution in [0.1, 0.15) is 27.3 Å². The molecule has 1 fully saturated rings. The van der Waals surface area contributed by atoms with Gasteiger partial charge in [-0.2, -0.15) is 14.7 Å². The van der Waals surface area contributed by atoms with E-state index >= 15 is 0 Å². The van der Waals surface area contributed by atoms with Crippen LogP contribution in [0.25, 0.3) is 5.69 Å². The van der Waals surface area contributed by atoms with Gasteiger partial charge in [-0.3, -0.25) is 0 Å². The van der Waals surface area contributed by atoms with Gasteiger partial charge in [-0.15, -0.1) is 0 Å². The van der Waals surface area contributed by atoms with E-state index in [1.807, 2.05) is 30.3 Å². The third-order valence-electron chi connectivity index (χ3n) is 5.60. The first kappa shape index (κ1) is 24.4. The molecule has 0 N–H and O–H groups in total. The number of nitrogens with zero attached hydrogens (tertiary/aromatic N) is 4. The van der Waals surface area contributed by atoms with E-state index in [1.165, 1.54) is 29.6 Å². The van der Waals surface area contributed by atoms with Gasteiger partial charge in [0.1, 0.15) is 28.9 Å². The van der Waals surface area contributed by atoms with Crippen molar-refractivity contribution >= 4 is 16.0 Å². The molecule has 4 rings (SSSR count). The summed E-state index contributed by atoms with van der Waals surface area (Å²) < 4.78 is 45.2. The van der Waals surface area contributed by atoms with Crippen LogP contribution in [0.2, 0.25) is 0 Å². The lowest BCUT2D eigenvalue weighted by molar-refractivity contribution is 0.0464. The summed E-state index contributed by atoms with van der Waals surface area (Å²) in [5.74, 6) is -0.619. The maximum atomic E-state index is 13.2. The number of nitriles is 1. The number of esters is 1. The number of carbonyl (C=O) groups excluding carboxylic acids is 1. The number of morpholine rings is 1. The van der Waals surface area contributed by atoms with Gasteiger partial charge in [0.05, 0.1) is 43.0 Å². The number of para-hydroxylation sites is 1. The Labute approximate surface area is 203 Å². The highest BCUT2D eigenvalue weighted by atomic mass is 32.2. The minimum atomic E-state index is -3.91. The highest BCUT2D eigenvalue weighted by Crippen LogP contribution is 2.29. The zero-order chi connectivity index (χ0) is 25.0. The number of carbonyl (C=O) groups is 1. The summed E-state index contributed by atoms with van der Waals surface area (Å²) in [5, 5.41) is 14.0. The van der Waals surface area contributed by atoms with Crippen molar-refractivity contribution in [2.75, 3.05) is 33.4 Å². The molecule has 3 aromatic rings. The maximum absolute atomic E-state index is 13.2. The predicted molar refractivity (Wildman–Crippen MR) is 125 cm³/mol. The summed E-state index contributed by atoms with van der Waals surface area (Å²) in [5.41, 5.74) is 1.99. The molecular formula is C24H24N4O6S. The van der Waals surface area contributed by atoms with Crippen molar-refractivity contribution in [1.82, 2.24) is 14.1 Å². The third kappa shape index (κ3) is 4.90. The standard InChI is InChI=1S/C24H24N4O6S/c1-17-20(15-25)21(28(26-17)19-6-4-3-5-7-19)16-34-24(29)18-8-9-22(32-2)23(14-18)35(30,31)27-10-12-33-13-11-27/h3-9,14H,10-13,16H2,1-2H3. The Morgan fingerprint density at radius 2 is 1.89 bits per heavy atom. The molecule has 11 heteroatoms. The second kappa shape index (κ2) is 10.3. The quantitative estimate of drug-likeness (QED) is 0.457. The number of rotatable bonds is 7. The molecule has 1 aliphatic heterocycles. The number of hydrogen-bond donors (Lipinski definition) is 0. The molecule has 2 aromatic carbocycles. The second-order valence-corrected chi connectivity index (χ2v) is 9.63. The summed E-state index contributed by atoms with van der Waals surface area (Å²) in [6, 6.07) is 15.4. The normalized spacial score (nSPS) is 14.3. The van der Waals surface area contributed by atoms with Gasteiger partial charge in [0.25, 0.3) is 0 Å². The number of benzene rings is 2. The van der Waals surface area contributed by atoms with Gasteiger partial charge in [-0.25, -0.2) is 17.9 Å². The lowest BCUT2D eigenvalue weighted by Gasteiger charge is -2.26. The molecule has 1 saturated heterocycles. The Morgan fingerprint density at radius 1 is 1.17 bits per heavy atom. The average molecular weight is 497 g/mol. The van der Waals surface area contributed by atoms with Gasteiger partial charge in [-0.05, 0) is 37.3 Å². The van der Waals surface area contributed by atoms with Crippen LogP contribution in [0.5, 0.6) is 5.75 Å². The van der Waals surface area contributed by atoms with E-state index in [1.54, 1.807) is 11.6 Å². The summed E-state index contributed by atoms with van der Waals surface area (Å²) in [7, 11) is -2.55. The Balaban J connectivity index is 1.61. The van der Waals surface area contributed by atoms with Gasteiger partial charge in [0.15, 0.2) is 0 Å². The number of methoxy groups -OCH3 is 1. The molecule has 0 atom stereocenters. The monoisotopic (exact) mass is 496 g/mol. The van der Waals surface area contributed by atoms with Gasteiger partial charge in [-0.1, -0.05) is 18.2 Å². The zero-order valence-corrected chi connectivity index (χ0v) is 20.1. The molecule has 2 heterocycles. The first-order valence-corrected chi connectivity index (χ1v) is 12.3. The first-order chi connectivity index (χ1) is 16.9. The lowest BCUT2D eigenvalue weighted by Crippen LogP contribution is -2.40. The third-order valence-corrected chi connectivity index (χ3v) is 7.52. The predicted octanol–water partition coefficient (Wildman–Crippen LogP) is 2.44. The fraction of sp³-hybridized carbons (Fsp3) is 0.292. The highest BCUT2D eigenvalue weighted by molar-refractivity contribution is 7.89. The highest BCUT2D eigenvalue weighted by Gasteiger charge is 2.30. The van der Waals surface area contributed by atoms with Crippen molar-refractivity contribution in [1.29, 1.82) is 5.26 Å². The van der Waals surface area contributed by atoms with E-state index in [2.05, 4.69) is 11.2 Å². The van der Waals surface area contributed by atoms with Crippen molar-refractivity contribution in [2.24, 2.45) is 0 Å². The van der Waals surface area contributed by atoms with E-state index in [0.29, 0.717) is 35.9 Å². The molecule has 0 amide bonds. The van der Waals surface area contributed by atoms with E-state index in [0.717, 1.165) is 0 Å². The number of ether oxygens (including phenoxy) is 3. The SMILES string of the molecule is COc1ccc(C(=O)OCc2c(C#N)c(C)nn2-c2ccccc2)cc1S(=O)(=O)N1CCOCC1. The van der Waals surface area contributed by atoms with Gasteiger partial charge in [0.2, 0.25) is 10.0 Å². The molecule has 182 valence electrons. The molecule has 0 aliphatic carbocycles. The summed E-state index contributed by atoms with van der Waals surface area (Å²) in [6.07, 6.45) is 0. The van der Waals surface area contributed by atoms with E-state index in [4.69, 9.17) is 14.2 Å². The van der Waals surface area contributed by atoms with E-state index in [9.17, 15) is 18.5 Å². The zero-order valence-electron chi connectivity index (χ0n) is 19.3. The van der Waals surface area contributed by atoms with Crippen LogP contribution in [0.3, 0.4) is 0 Å². The summed E-state index contributed by atoms with van der Waals surface area (Å²) in [4.78, 5) is 12.8. The van der Waals surface area contributed by atoms with Crippen molar-refractivity contribution < 1.29 is 27.4 Å². The van der Waals surface area contributed by atoms with Crippen LogP contribution >= 0.6 is 0 Å². The van der Waals surface area contributed by atoms with Crippen LogP contribution in [0, 0.1) is 18.3 Å². The van der Waals surface area contributed by atoms with E-state index < -0.39 is 16.0 Å². The molecule has 0 spiro atoms. The van der Waals surface area contributed by atoms with Crippen LogP contribution in [-0.4, -0.2) is 61.9 Å². The summed E-state index contributed by atoms with van der Waals surface area (Å²) >= 11 is 0. The molecular weight excluding hydrogens is 472 g/mol. The largest absolute Gasteiger partial charge is 0.495 e. The number of aromatic nitrogens is 2. The average Bonchev–Trinajstić information content (AvgIpc) is 3.22. The molecule has 0 radical (unpaired) electrons. The van der Waals surface area contributed by atoms with Crippen molar-refractivity contribution in [3.63, 3.8) is 0 Å². The minimum absolute atomic E-state index is 0.0404. The fourth-order valence-electron chi connectivity index (χ4n) is 3.79. The smallest absolute Gasteiger partial charge is 0.338 e. The molecule has 10 nitrogen and oxygen atoms in total. The van der Waals surface area contributed by atoms with Gasteiger partial charge >= 0.3 is 5.97 Å². The maximum Gasteiger partial charge on any atom is 0.338 e. The Kier molecular flexibility index (Phi) is 7.16. The van der Waals surface area contributed by atoms with Crippen LogP contribution in [0.4, 0.5) is 0 Å². The Morgan fingerprint density at radius 3 is 2.54 bits per heavy atom. The fourth-order valence-corrected chi connectivity index (χ4v) is 5.37. The van der Waals surface area contributed by atoms with Crippen molar-refractivity contribution in [3.8, 4) is 17.5 Å². The minimum Gasteiger partial charge on any atom is -0.495 e. The first-order valence-electron chi connectivity index (χ1n) is 10.8. The summed E-state index contributed by atoms with van der Waals surface area (Å²) in [6.45, 7) is 2.47. The van der Waals surface area contributed by atoms with E-state index in [-0.39, 0.29) is 35.9 Å². The van der Waals surface area contributed by atoms with Gasteiger partial charge < -0.3 is 14.2 Å².